The molecule has 1 aliphatic heterocycles. The van der Waals surface area contributed by atoms with Crippen LogP contribution in [0.5, 0.6) is 6.01 Å². The standard InChI is InChI=1S/C21H28BrFN4O3/c1-20(28)10-27(8-9-29-12-20)18-14-4-5-15(22)16(23)17(14)24-19(25-18)30-13-21(6-7-21)11-26(2)3/h4-5,28H,6-13H2,1-3H3. The van der Waals surface area contributed by atoms with E-state index in [-0.39, 0.29) is 23.5 Å². The minimum absolute atomic E-state index is 0.109. The maximum atomic E-state index is 14.9. The van der Waals surface area contributed by atoms with Crippen LogP contribution in [0.15, 0.2) is 16.6 Å². The van der Waals surface area contributed by atoms with Crippen LogP contribution in [0, 0.1) is 11.2 Å². The van der Waals surface area contributed by atoms with Crippen molar-refractivity contribution in [1.82, 2.24) is 14.9 Å². The SMILES string of the molecule is CN(C)CC1(COc2nc(N3CCOCC(C)(O)C3)c3ccc(Br)c(F)c3n2)CC1. The molecule has 164 valence electrons. The summed E-state index contributed by atoms with van der Waals surface area (Å²) >= 11 is 3.24. The molecule has 1 aromatic carbocycles. The molecule has 1 saturated heterocycles. The monoisotopic (exact) mass is 482 g/mol. The van der Waals surface area contributed by atoms with Gasteiger partial charge >= 0.3 is 6.01 Å². The summed E-state index contributed by atoms with van der Waals surface area (Å²) in [5, 5.41) is 11.2. The molecule has 2 aliphatic rings. The number of hydrogen-bond acceptors (Lipinski definition) is 7. The lowest BCUT2D eigenvalue weighted by molar-refractivity contribution is -0.0123. The summed E-state index contributed by atoms with van der Waals surface area (Å²) in [5.41, 5.74) is -0.726. The van der Waals surface area contributed by atoms with Crippen molar-refractivity contribution >= 4 is 32.7 Å². The average molecular weight is 483 g/mol. The lowest BCUT2D eigenvalue weighted by atomic mass is 10.1. The molecule has 9 heteroatoms. The second-order valence-electron chi connectivity index (χ2n) is 9.08. The molecule has 1 N–H and O–H groups in total. The van der Waals surface area contributed by atoms with Crippen molar-refractivity contribution in [2.45, 2.75) is 25.4 Å². The summed E-state index contributed by atoms with van der Waals surface area (Å²) in [5.74, 6) is 0.0953. The van der Waals surface area contributed by atoms with Crippen LogP contribution in [-0.2, 0) is 4.74 Å². The van der Waals surface area contributed by atoms with Crippen LogP contribution in [0.25, 0.3) is 10.9 Å². The summed E-state index contributed by atoms with van der Waals surface area (Å²) in [6.45, 7) is 4.68. The first-order valence-electron chi connectivity index (χ1n) is 10.2. The molecule has 0 bridgehead atoms. The first-order chi connectivity index (χ1) is 14.2. The maximum absolute atomic E-state index is 14.9. The molecule has 30 heavy (non-hydrogen) atoms. The van der Waals surface area contributed by atoms with Crippen LogP contribution in [0.3, 0.4) is 0 Å². The number of hydrogen-bond donors (Lipinski definition) is 1. The van der Waals surface area contributed by atoms with Crippen molar-refractivity contribution in [3.8, 4) is 6.01 Å². The molecule has 1 atom stereocenters. The van der Waals surface area contributed by atoms with Gasteiger partial charge < -0.3 is 24.4 Å². The van der Waals surface area contributed by atoms with E-state index in [0.29, 0.717) is 42.0 Å². The molecule has 7 nitrogen and oxygen atoms in total. The molecule has 2 aromatic rings. The number of anilines is 1. The number of aromatic nitrogens is 2. The highest BCUT2D eigenvalue weighted by molar-refractivity contribution is 9.10. The Labute approximate surface area is 184 Å². The number of nitrogens with zero attached hydrogens (tertiary/aromatic N) is 4. The van der Waals surface area contributed by atoms with Gasteiger partial charge in [-0.2, -0.15) is 9.97 Å². The zero-order valence-corrected chi connectivity index (χ0v) is 19.2. The fourth-order valence-electron chi connectivity index (χ4n) is 4.00. The zero-order valence-electron chi connectivity index (χ0n) is 17.6. The minimum atomic E-state index is -1.04. The molecule has 2 fully saturated rings. The van der Waals surface area contributed by atoms with Gasteiger partial charge in [-0.3, -0.25) is 0 Å². The number of aliphatic hydroxyl groups is 1. The van der Waals surface area contributed by atoms with Crippen molar-refractivity contribution < 1.29 is 19.0 Å². The molecule has 1 aromatic heterocycles. The number of halogens is 2. The molecule has 0 spiro atoms. The lowest BCUT2D eigenvalue weighted by Gasteiger charge is -2.29. The number of β-amino-alcohol motifs (C(OH)–C–C–N with tert-alkyl or cyclic N) is 1. The normalized spacial score (nSPS) is 23.6. The smallest absolute Gasteiger partial charge is 0.319 e. The van der Waals surface area contributed by atoms with Crippen LogP contribution in [0.2, 0.25) is 0 Å². The Kier molecular flexibility index (Phi) is 5.91. The van der Waals surface area contributed by atoms with Gasteiger partial charge in [0.2, 0.25) is 0 Å². The molecule has 1 unspecified atom stereocenters. The van der Waals surface area contributed by atoms with E-state index in [4.69, 9.17) is 9.47 Å². The van der Waals surface area contributed by atoms with E-state index in [0.717, 1.165) is 19.4 Å². The molecule has 1 saturated carbocycles. The van der Waals surface area contributed by atoms with Crippen LogP contribution in [0.1, 0.15) is 19.8 Å². The van der Waals surface area contributed by atoms with E-state index in [1.807, 2.05) is 19.0 Å². The Morgan fingerprint density at radius 1 is 1.33 bits per heavy atom. The summed E-state index contributed by atoms with van der Waals surface area (Å²) in [7, 11) is 4.09. The van der Waals surface area contributed by atoms with Crippen molar-refractivity contribution in [1.29, 1.82) is 0 Å². The van der Waals surface area contributed by atoms with Gasteiger partial charge in [-0.25, -0.2) is 4.39 Å². The van der Waals surface area contributed by atoms with Gasteiger partial charge in [-0.15, -0.1) is 0 Å². The summed E-state index contributed by atoms with van der Waals surface area (Å²) in [4.78, 5) is 13.1. The van der Waals surface area contributed by atoms with E-state index in [9.17, 15) is 9.50 Å². The number of rotatable bonds is 6. The summed E-state index contributed by atoms with van der Waals surface area (Å²) in [6.07, 6.45) is 2.19. The number of ether oxygens (including phenoxy) is 2. The predicted molar refractivity (Wildman–Crippen MR) is 117 cm³/mol. The van der Waals surface area contributed by atoms with Crippen LogP contribution in [-0.4, -0.2) is 79.1 Å². The van der Waals surface area contributed by atoms with Crippen molar-refractivity contribution in [2.24, 2.45) is 5.41 Å². The van der Waals surface area contributed by atoms with Gasteiger partial charge in [0, 0.05) is 23.9 Å². The topological polar surface area (TPSA) is 71.0 Å². The van der Waals surface area contributed by atoms with Crippen LogP contribution < -0.4 is 9.64 Å². The predicted octanol–water partition coefficient (Wildman–Crippen LogP) is 2.84. The Morgan fingerprint density at radius 2 is 2.10 bits per heavy atom. The second-order valence-corrected chi connectivity index (χ2v) is 9.94. The fraction of sp³-hybridized carbons (Fsp3) is 0.619. The first-order valence-corrected chi connectivity index (χ1v) is 11.0. The molecule has 2 heterocycles. The highest BCUT2D eigenvalue weighted by Gasteiger charge is 2.44. The minimum Gasteiger partial charge on any atom is -0.463 e. The third-order valence-electron chi connectivity index (χ3n) is 5.58. The van der Waals surface area contributed by atoms with Gasteiger partial charge in [0.25, 0.3) is 0 Å². The van der Waals surface area contributed by atoms with Gasteiger partial charge in [-0.05, 0) is 61.9 Å². The quantitative estimate of drug-likeness (QED) is 0.678. The number of benzene rings is 1. The lowest BCUT2D eigenvalue weighted by Crippen LogP contribution is -2.42. The summed E-state index contributed by atoms with van der Waals surface area (Å²) in [6, 6.07) is 3.59. The maximum Gasteiger partial charge on any atom is 0.319 e. The third kappa shape index (κ3) is 4.69. The molecular formula is C21H28BrFN4O3. The van der Waals surface area contributed by atoms with Crippen LogP contribution in [0.4, 0.5) is 10.2 Å². The van der Waals surface area contributed by atoms with E-state index in [2.05, 4.69) is 30.8 Å². The Hall–Kier alpha value is -1.55. The molecular weight excluding hydrogens is 455 g/mol. The third-order valence-corrected chi connectivity index (χ3v) is 6.20. The van der Waals surface area contributed by atoms with Crippen molar-refractivity contribution in [3.63, 3.8) is 0 Å². The summed E-state index contributed by atoms with van der Waals surface area (Å²) < 4.78 is 26.8. The second kappa shape index (κ2) is 8.18. The fourth-order valence-corrected chi connectivity index (χ4v) is 4.32. The van der Waals surface area contributed by atoms with E-state index < -0.39 is 11.4 Å². The van der Waals surface area contributed by atoms with Crippen molar-refractivity contribution in [2.75, 3.05) is 58.5 Å². The Balaban J connectivity index is 1.70. The Morgan fingerprint density at radius 3 is 2.80 bits per heavy atom. The van der Waals surface area contributed by atoms with Crippen LogP contribution >= 0.6 is 15.9 Å². The van der Waals surface area contributed by atoms with Gasteiger partial charge in [0.1, 0.15) is 16.9 Å². The van der Waals surface area contributed by atoms with Gasteiger partial charge in [0.05, 0.1) is 30.8 Å². The highest BCUT2D eigenvalue weighted by atomic mass is 79.9. The molecule has 4 rings (SSSR count). The van der Waals surface area contributed by atoms with Crippen molar-refractivity contribution in [3.05, 3.63) is 22.4 Å². The van der Waals surface area contributed by atoms with Gasteiger partial charge in [-0.1, -0.05) is 0 Å². The largest absolute Gasteiger partial charge is 0.463 e. The molecule has 0 amide bonds. The Bertz CT molecular complexity index is 936. The van der Waals surface area contributed by atoms with E-state index in [1.54, 1.807) is 19.1 Å². The molecule has 1 aliphatic carbocycles. The molecule has 0 radical (unpaired) electrons. The number of fused-ring (bicyclic) bond motifs is 1. The first kappa shape index (κ1) is 21.7. The van der Waals surface area contributed by atoms with Gasteiger partial charge in [0.15, 0.2) is 5.82 Å². The van der Waals surface area contributed by atoms with E-state index >= 15 is 0 Å². The highest BCUT2D eigenvalue weighted by Crippen LogP contribution is 2.46. The van der Waals surface area contributed by atoms with E-state index in [1.165, 1.54) is 0 Å². The average Bonchev–Trinajstić information content (AvgIpc) is 3.46. The zero-order chi connectivity index (χ0) is 21.5.